The van der Waals surface area contributed by atoms with Gasteiger partial charge in [0.25, 0.3) is 0 Å². The van der Waals surface area contributed by atoms with Crippen molar-refractivity contribution < 1.29 is 9.53 Å². The number of benzene rings is 1. The molecule has 142 valence electrons. The van der Waals surface area contributed by atoms with Gasteiger partial charge in [0.1, 0.15) is 5.69 Å². The van der Waals surface area contributed by atoms with Gasteiger partial charge in [0.15, 0.2) is 0 Å². The van der Waals surface area contributed by atoms with E-state index >= 15 is 0 Å². The van der Waals surface area contributed by atoms with Crippen molar-refractivity contribution in [2.45, 2.75) is 38.8 Å². The van der Waals surface area contributed by atoms with Crippen molar-refractivity contribution in [2.24, 2.45) is 0 Å². The first-order valence-corrected chi connectivity index (χ1v) is 10.1. The Morgan fingerprint density at radius 2 is 2.26 bits per heavy atom. The molecule has 0 spiro atoms. The van der Waals surface area contributed by atoms with E-state index < -0.39 is 0 Å². The lowest BCUT2D eigenvalue weighted by atomic mass is 10.2. The highest BCUT2D eigenvalue weighted by atomic mass is 32.1. The molecule has 0 saturated carbocycles. The van der Waals surface area contributed by atoms with Crippen LogP contribution in [0.15, 0.2) is 30.5 Å². The van der Waals surface area contributed by atoms with Crippen LogP contribution in [0.3, 0.4) is 0 Å². The summed E-state index contributed by atoms with van der Waals surface area (Å²) in [7, 11) is 0. The molecule has 4 rings (SSSR count). The van der Waals surface area contributed by atoms with E-state index in [0.717, 1.165) is 29.2 Å². The van der Waals surface area contributed by atoms with E-state index in [2.05, 4.69) is 21.4 Å². The van der Waals surface area contributed by atoms with Crippen LogP contribution in [0.5, 0.6) is 0 Å². The number of ether oxygens (including phenoxy) is 1. The number of carbonyl (C=O) groups is 1. The summed E-state index contributed by atoms with van der Waals surface area (Å²) in [5.41, 5.74) is 1.85. The molecule has 1 saturated heterocycles. The summed E-state index contributed by atoms with van der Waals surface area (Å²) in [5.74, 6) is 0.186. The summed E-state index contributed by atoms with van der Waals surface area (Å²) >= 11 is 1.67. The lowest BCUT2D eigenvalue weighted by Crippen LogP contribution is -2.29. The number of rotatable bonds is 7. The van der Waals surface area contributed by atoms with Gasteiger partial charge in [-0.2, -0.15) is 0 Å². The molecule has 27 heavy (non-hydrogen) atoms. The van der Waals surface area contributed by atoms with Crippen molar-refractivity contribution in [3.05, 3.63) is 41.2 Å². The smallest absolute Gasteiger partial charge is 0.223 e. The Labute approximate surface area is 162 Å². The zero-order chi connectivity index (χ0) is 18.6. The average Bonchev–Trinajstić information content (AvgIpc) is 3.42. The third kappa shape index (κ3) is 4.17. The molecule has 0 N–H and O–H groups in total. The Morgan fingerprint density at radius 3 is 3.11 bits per heavy atom. The number of aryl methyl sites for hydroxylation is 1. The van der Waals surface area contributed by atoms with Crippen LogP contribution >= 0.6 is 11.3 Å². The van der Waals surface area contributed by atoms with Crippen molar-refractivity contribution in [3.8, 4) is 0 Å². The summed E-state index contributed by atoms with van der Waals surface area (Å²) < 4.78 is 8.41. The van der Waals surface area contributed by atoms with Crippen molar-refractivity contribution in [1.82, 2.24) is 24.9 Å². The van der Waals surface area contributed by atoms with E-state index in [0.29, 0.717) is 32.6 Å². The number of amides is 1. The van der Waals surface area contributed by atoms with Crippen LogP contribution < -0.4 is 0 Å². The van der Waals surface area contributed by atoms with Gasteiger partial charge in [0.05, 0.1) is 34.1 Å². The molecule has 1 atom stereocenters. The summed E-state index contributed by atoms with van der Waals surface area (Å²) in [5, 5.41) is 9.37. The van der Waals surface area contributed by atoms with E-state index in [-0.39, 0.29) is 11.9 Å². The number of hydrogen-bond acceptors (Lipinski definition) is 6. The Hall–Kier alpha value is -2.32. The molecule has 1 amide bonds. The maximum Gasteiger partial charge on any atom is 0.223 e. The van der Waals surface area contributed by atoms with Crippen LogP contribution in [0.1, 0.15) is 36.5 Å². The van der Waals surface area contributed by atoms with Gasteiger partial charge in [-0.15, -0.1) is 16.4 Å². The molecular formula is C19H23N5O2S. The Morgan fingerprint density at radius 1 is 1.37 bits per heavy atom. The SMILES string of the molecule is CCOCc1cn(C2CCN(C(=O)CCc3nc4ccccc4s3)C2)nn1. The Balaban J connectivity index is 1.30. The topological polar surface area (TPSA) is 73.1 Å². The number of carbonyl (C=O) groups excluding carboxylic acids is 1. The zero-order valence-electron chi connectivity index (χ0n) is 15.4. The first kappa shape index (κ1) is 18.1. The van der Waals surface area contributed by atoms with E-state index in [1.165, 1.54) is 4.70 Å². The summed E-state index contributed by atoms with van der Waals surface area (Å²) in [6.45, 7) is 4.56. The monoisotopic (exact) mass is 385 g/mol. The van der Waals surface area contributed by atoms with Gasteiger partial charge >= 0.3 is 0 Å². The standard InChI is InChI=1S/C19H23N5O2S/c1-2-26-13-14-11-24(22-21-14)15-9-10-23(12-15)19(25)8-7-18-20-16-5-3-4-6-17(16)27-18/h3-6,11,15H,2,7-10,12-13H2,1H3. The van der Waals surface area contributed by atoms with Crippen molar-refractivity contribution in [2.75, 3.05) is 19.7 Å². The van der Waals surface area contributed by atoms with E-state index in [4.69, 9.17) is 4.74 Å². The summed E-state index contributed by atoms with van der Waals surface area (Å²) in [4.78, 5) is 19.1. The Bertz CT molecular complexity index is 889. The van der Waals surface area contributed by atoms with Crippen LogP contribution in [0.25, 0.3) is 10.2 Å². The fourth-order valence-electron chi connectivity index (χ4n) is 3.35. The van der Waals surface area contributed by atoms with E-state index in [1.54, 1.807) is 11.3 Å². The molecular weight excluding hydrogens is 362 g/mol. The third-order valence-electron chi connectivity index (χ3n) is 4.79. The first-order valence-electron chi connectivity index (χ1n) is 9.33. The minimum absolute atomic E-state index is 0.186. The maximum atomic E-state index is 12.6. The summed E-state index contributed by atoms with van der Waals surface area (Å²) in [6.07, 6.45) is 4.03. The van der Waals surface area contributed by atoms with E-state index in [9.17, 15) is 4.79 Å². The van der Waals surface area contributed by atoms with Crippen LogP contribution in [-0.2, 0) is 22.6 Å². The van der Waals surface area contributed by atoms with Crippen molar-refractivity contribution in [3.63, 3.8) is 0 Å². The molecule has 2 aromatic heterocycles. The molecule has 1 aromatic carbocycles. The summed E-state index contributed by atoms with van der Waals surface area (Å²) in [6, 6.07) is 8.29. The fourth-order valence-corrected chi connectivity index (χ4v) is 4.31. The highest BCUT2D eigenvalue weighted by Gasteiger charge is 2.28. The molecule has 1 aliphatic heterocycles. The third-order valence-corrected chi connectivity index (χ3v) is 5.89. The highest BCUT2D eigenvalue weighted by Crippen LogP contribution is 2.24. The van der Waals surface area contributed by atoms with Gasteiger partial charge in [0.2, 0.25) is 5.91 Å². The van der Waals surface area contributed by atoms with Gasteiger partial charge in [-0.05, 0) is 25.5 Å². The van der Waals surface area contributed by atoms with Gasteiger partial charge in [-0.3, -0.25) is 4.79 Å². The molecule has 1 aliphatic rings. The van der Waals surface area contributed by atoms with Crippen LogP contribution in [0, 0.1) is 0 Å². The fraction of sp³-hybridized carbons (Fsp3) is 0.474. The maximum absolute atomic E-state index is 12.6. The van der Waals surface area contributed by atoms with Gasteiger partial charge in [-0.25, -0.2) is 9.67 Å². The zero-order valence-corrected chi connectivity index (χ0v) is 16.2. The van der Waals surface area contributed by atoms with Crippen LogP contribution in [0.4, 0.5) is 0 Å². The molecule has 1 fully saturated rings. The van der Waals surface area contributed by atoms with Gasteiger partial charge in [0, 0.05) is 32.5 Å². The van der Waals surface area contributed by atoms with Crippen LogP contribution in [0.2, 0.25) is 0 Å². The van der Waals surface area contributed by atoms with E-state index in [1.807, 2.05) is 40.9 Å². The molecule has 3 aromatic rings. The van der Waals surface area contributed by atoms with Gasteiger partial charge in [-0.1, -0.05) is 17.3 Å². The quantitative estimate of drug-likeness (QED) is 0.625. The number of nitrogens with zero attached hydrogens (tertiary/aromatic N) is 5. The number of aromatic nitrogens is 4. The predicted molar refractivity (Wildman–Crippen MR) is 104 cm³/mol. The van der Waals surface area contributed by atoms with Gasteiger partial charge < -0.3 is 9.64 Å². The molecule has 0 aliphatic carbocycles. The molecule has 0 bridgehead atoms. The number of fused-ring (bicyclic) bond motifs is 1. The molecule has 0 radical (unpaired) electrons. The largest absolute Gasteiger partial charge is 0.375 e. The second-order valence-electron chi connectivity index (χ2n) is 6.68. The number of likely N-dealkylation sites (tertiary alicyclic amines) is 1. The van der Waals surface area contributed by atoms with Crippen molar-refractivity contribution >= 4 is 27.5 Å². The lowest BCUT2D eigenvalue weighted by Gasteiger charge is -2.16. The number of hydrogen-bond donors (Lipinski definition) is 0. The number of thiazole rings is 1. The van der Waals surface area contributed by atoms with Crippen LogP contribution in [-0.4, -0.2) is 50.5 Å². The normalized spacial score (nSPS) is 17.1. The molecule has 1 unspecified atom stereocenters. The second kappa shape index (κ2) is 8.14. The van der Waals surface area contributed by atoms with Crippen molar-refractivity contribution in [1.29, 1.82) is 0 Å². The molecule has 7 nitrogen and oxygen atoms in total. The Kier molecular flexibility index (Phi) is 5.45. The molecule has 3 heterocycles. The minimum Gasteiger partial charge on any atom is -0.375 e. The lowest BCUT2D eigenvalue weighted by molar-refractivity contribution is -0.130. The second-order valence-corrected chi connectivity index (χ2v) is 7.80. The number of para-hydroxylation sites is 1. The highest BCUT2D eigenvalue weighted by molar-refractivity contribution is 7.18. The predicted octanol–water partition coefficient (Wildman–Crippen LogP) is 2.83. The minimum atomic E-state index is 0.186. The first-order chi connectivity index (χ1) is 13.2. The average molecular weight is 385 g/mol. The molecule has 8 heteroatoms.